The summed E-state index contributed by atoms with van der Waals surface area (Å²) in [6, 6.07) is 20.3. The molecule has 5 rings (SSSR count). The van der Waals surface area contributed by atoms with Gasteiger partial charge >= 0.3 is 0 Å². The first kappa shape index (κ1) is 28.4. The van der Waals surface area contributed by atoms with Crippen molar-refractivity contribution in [3.63, 3.8) is 0 Å². The van der Waals surface area contributed by atoms with E-state index < -0.39 is 19.9 Å². The number of amides is 1. The second-order valence-corrected chi connectivity index (χ2v) is 15.5. The molecule has 1 aliphatic heterocycles. The van der Waals surface area contributed by atoms with Gasteiger partial charge in [0.2, 0.25) is 10.0 Å². The minimum atomic E-state index is -3.68. The second kappa shape index (κ2) is 11.0. The third-order valence-corrected chi connectivity index (χ3v) is 11.0. The summed E-state index contributed by atoms with van der Waals surface area (Å²) in [6.45, 7) is 5.33. The van der Waals surface area contributed by atoms with Crippen molar-refractivity contribution < 1.29 is 21.6 Å². The van der Waals surface area contributed by atoms with E-state index in [1.807, 2.05) is 30.3 Å². The van der Waals surface area contributed by atoms with Gasteiger partial charge in [0, 0.05) is 24.9 Å². The Hall–Kier alpha value is -3.12. The number of carbonyl (C=O) groups is 1. The van der Waals surface area contributed by atoms with Gasteiger partial charge in [0.25, 0.3) is 5.91 Å². The summed E-state index contributed by atoms with van der Waals surface area (Å²) in [6.07, 6.45) is 2.15. The van der Waals surface area contributed by atoms with Crippen molar-refractivity contribution in [1.82, 2.24) is 9.29 Å². The average molecular weight is 598 g/mol. The Balaban J connectivity index is 1.48. The van der Waals surface area contributed by atoms with E-state index in [1.54, 1.807) is 24.3 Å². The summed E-state index contributed by atoms with van der Waals surface area (Å²) in [5, 5.41) is 0.419. The summed E-state index contributed by atoms with van der Waals surface area (Å²) in [4.78, 5) is 20.4. The van der Waals surface area contributed by atoms with Gasteiger partial charge in [0.15, 0.2) is 15.0 Å². The molecular formula is C29H31N3O5S3. The number of sulfone groups is 1. The lowest BCUT2D eigenvalue weighted by Gasteiger charge is -2.34. The van der Waals surface area contributed by atoms with E-state index in [4.69, 9.17) is 0 Å². The highest BCUT2D eigenvalue weighted by Gasteiger charge is 2.32. The Morgan fingerprint density at radius 3 is 2.17 bits per heavy atom. The van der Waals surface area contributed by atoms with Crippen LogP contribution in [0.25, 0.3) is 10.2 Å². The molecule has 1 aromatic heterocycles. The van der Waals surface area contributed by atoms with Crippen LogP contribution in [0.2, 0.25) is 0 Å². The van der Waals surface area contributed by atoms with E-state index in [1.165, 1.54) is 38.7 Å². The zero-order chi connectivity index (χ0) is 28.7. The molecule has 0 spiro atoms. The van der Waals surface area contributed by atoms with Crippen LogP contribution >= 0.6 is 11.3 Å². The third-order valence-electron chi connectivity index (χ3n) is 7.01. The number of sulfonamides is 1. The molecule has 2 atom stereocenters. The minimum Gasteiger partial charge on any atom is -0.279 e. The first-order valence-electron chi connectivity index (χ1n) is 13.0. The molecule has 1 saturated heterocycles. The number of nitrogens with zero attached hydrogens (tertiary/aromatic N) is 3. The number of thiazole rings is 1. The monoisotopic (exact) mass is 597 g/mol. The first-order chi connectivity index (χ1) is 18.9. The lowest BCUT2D eigenvalue weighted by atomic mass is 9.94. The van der Waals surface area contributed by atoms with Gasteiger partial charge in [-0.15, -0.1) is 0 Å². The highest BCUT2D eigenvalue weighted by Crippen LogP contribution is 2.33. The number of hydrogen-bond donors (Lipinski definition) is 0. The highest BCUT2D eigenvalue weighted by molar-refractivity contribution is 7.90. The van der Waals surface area contributed by atoms with E-state index in [2.05, 4.69) is 18.8 Å². The maximum Gasteiger partial charge on any atom is 0.260 e. The molecule has 2 heterocycles. The molecule has 0 N–H and O–H groups in total. The summed E-state index contributed by atoms with van der Waals surface area (Å²) in [5.74, 6) is 0.233. The molecule has 0 radical (unpaired) electrons. The summed E-state index contributed by atoms with van der Waals surface area (Å²) >= 11 is 1.23. The van der Waals surface area contributed by atoms with Gasteiger partial charge in [-0.05, 0) is 66.3 Å². The molecule has 2 unspecified atom stereocenters. The van der Waals surface area contributed by atoms with Gasteiger partial charge in [0.05, 0.1) is 26.6 Å². The van der Waals surface area contributed by atoms with Gasteiger partial charge in [-0.1, -0.05) is 55.5 Å². The SMILES string of the molecule is CC1CC(C)CN(S(=O)(=O)c2ccc(C(=O)N(Cc3ccccc3)c3nc4ccc(S(C)(=O)=O)cc4s3)cc2)C1. The van der Waals surface area contributed by atoms with Crippen molar-refractivity contribution in [2.75, 3.05) is 24.2 Å². The van der Waals surface area contributed by atoms with Gasteiger partial charge in [-0.3, -0.25) is 9.69 Å². The summed E-state index contributed by atoms with van der Waals surface area (Å²) in [5.41, 5.74) is 1.80. The maximum absolute atomic E-state index is 13.8. The van der Waals surface area contributed by atoms with Crippen molar-refractivity contribution in [2.45, 2.75) is 36.6 Å². The fourth-order valence-electron chi connectivity index (χ4n) is 5.11. The predicted molar refractivity (Wildman–Crippen MR) is 158 cm³/mol. The molecule has 1 fully saturated rings. The number of fused-ring (bicyclic) bond motifs is 1. The third kappa shape index (κ3) is 5.97. The fourth-order valence-corrected chi connectivity index (χ4v) is 8.51. The van der Waals surface area contributed by atoms with Crippen LogP contribution in [0.5, 0.6) is 0 Å². The molecule has 11 heteroatoms. The number of piperidine rings is 1. The molecule has 0 aliphatic carbocycles. The van der Waals surface area contributed by atoms with Crippen molar-refractivity contribution in [3.05, 3.63) is 83.9 Å². The Morgan fingerprint density at radius 2 is 1.55 bits per heavy atom. The Morgan fingerprint density at radius 1 is 0.925 bits per heavy atom. The van der Waals surface area contributed by atoms with Crippen LogP contribution in [0.4, 0.5) is 5.13 Å². The standard InChI is InChI=1S/C29H31N3O5S3/c1-20-15-21(2)18-31(17-20)40(36,37)24-11-9-23(10-12-24)28(33)32(19-22-7-5-4-6-8-22)29-30-26-14-13-25(39(3,34)35)16-27(26)38-29/h4-14,16,20-21H,15,17-19H2,1-3H3. The zero-order valence-corrected chi connectivity index (χ0v) is 25.0. The van der Waals surface area contributed by atoms with Crippen molar-refractivity contribution in [1.29, 1.82) is 0 Å². The van der Waals surface area contributed by atoms with Gasteiger partial charge in [-0.2, -0.15) is 4.31 Å². The number of carbonyl (C=O) groups excluding carboxylic acids is 1. The number of benzene rings is 3. The van der Waals surface area contributed by atoms with Gasteiger partial charge < -0.3 is 0 Å². The van der Waals surface area contributed by atoms with Crippen molar-refractivity contribution in [3.8, 4) is 0 Å². The topological polar surface area (TPSA) is 105 Å². The molecule has 210 valence electrons. The smallest absolute Gasteiger partial charge is 0.260 e. The van der Waals surface area contributed by atoms with Crippen LogP contribution in [0.1, 0.15) is 36.2 Å². The number of hydrogen-bond acceptors (Lipinski definition) is 7. The minimum absolute atomic E-state index is 0.160. The molecular weight excluding hydrogens is 567 g/mol. The van der Waals surface area contributed by atoms with Crippen LogP contribution in [0.15, 0.2) is 82.6 Å². The molecule has 0 saturated carbocycles. The maximum atomic E-state index is 13.8. The van der Waals surface area contributed by atoms with Crippen LogP contribution in [-0.4, -0.2) is 51.4 Å². The van der Waals surface area contributed by atoms with Crippen molar-refractivity contribution in [2.24, 2.45) is 11.8 Å². The molecule has 8 nitrogen and oxygen atoms in total. The molecule has 4 aromatic rings. The molecule has 40 heavy (non-hydrogen) atoms. The first-order valence-corrected chi connectivity index (χ1v) is 17.1. The lowest BCUT2D eigenvalue weighted by Crippen LogP contribution is -2.42. The largest absolute Gasteiger partial charge is 0.279 e. The Bertz CT molecular complexity index is 1740. The lowest BCUT2D eigenvalue weighted by molar-refractivity contribution is 0.0985. The van der Waals surface area contributed by atoms with Gasteiger partial charge in [-0.25, -0.2) is 21.8 Å². The van der Waals surface area contributed by atoms with Crippen LogP contribution < -0.4 is 4.90 Å². The quantitative estimate of drug-likeness (QED) is 0.290. The van der Waals surface area contributed by atoms with Crippen LogP contribution in [0.3, 0.4) is 0 Å². The fraction of sp³-hybridized carbons (Fsp3) is 0.310. The zero-order valence-electron chi connectivity index (χ0n) is 22.5. The number of anilines is 1. The number of aromatic nitrogens is 1. The Labute approximate surface area is 239 Å². The molecule has 1 amide bonds. The highest BCUT2D eigenvalue weighted by atomic mass is 32.2. The normalized spacial score (nSPS) is 18.6. The molecule has 0 bridgehead atoms. The van der Waals surface area contributed by atoms with E-state index >= 15 is 0 Å². The average Bonchev–Trinajstić information content (AvgIpc) is 3.34. The predicted octanol–water partition coefficient (Wildman–Crippen LogP) is 5.21. The summed E-state index contributed by atoms with van der Waals surface area (Å²) < 4.78 is 53.0. The van der Waals surface area contributed by atoms with Gasteiger partial charge in [0.1, 0.15) is 0 Å². The van der Waals surface area contributed by atoms with E-state index in [0.29, 0.717) is 34.0 Å². The molecule has 3 aromatic carbocycles. The van der Waals surface area contributed by atoms with E-state index in [0.717, 1.165) is 18.2 Å². The van der Waals surface area contributed by atoms with E-state index in [9.17, 15) is 21.6 Å². The second-order valence-electron chi connectivity index (χ2n) is 10.6. The Kier molecular flexibility index (Phi) is 7.84. The van der Waals surface area contributed by atoms with Crippen molar-refractivity contribution >= 4 is 52.5 Å². The number of rotatable bonds is 7. The van der Waals surface area contributed by atoms with Crippen LogP contribution in [-0.2, 0) is 26.4 Å². The van der Waals surface area contributed by atoms with E-state index in [-0.39, 0.29) is 34.1 Å². The molecule has 1 aliphatic rings. The summed E-state index contributed by atoms with van der Waals surface area (Å²) in [7, 11) is -7.07. The van der Waals surface area contributed by atoms with Crippen LogP contribution in [0, 0.1) is 11.8 Å².